The zero-order valence-corrected chi connectivity index (χ0v) is 10.7. The molecule has 1 unspecified atom stereocenters. The van der Waals surface area contributed by atoms with Crippen LogP contribution in [0.1, 0.15) is 19.3 Å². The molecule has 0 amide bonds. The van der Waals surface area contributed by atoms with Crippen molar-refractivity contribution in [3.63, 3.8) is 0 Å². The van der Waals surface area contributed by atoms with E-state index in [1.807, 2.05) is 6.20 Å². The van der Waals surface area contributed by atoms with Crippen LogP contribution in [0.3, 0.4) is 0 Å². The normalized spacial score (nSPS) is 31.2. The van der Waals surface area contributed by atoms with Crippen LogP contribution in [0.5, 0.6) is 5.88 Å². The quantitative estimate of drug-likeness (QED) is 0.847. The Morgan fingerprint density at radius 2 is 2.11 bits per heavy atom. The lowest BCUT2D eigenvalue weighted by Crippen LogP contribution is -2.32. The molecular weight excluding hydrogens is 228 g/mol. The van der Waals surface area contributed by atoms with Crippen molar-refractivity contribution < 1.29 is 4.74 Å². The maximum Gasteiger partial charge on any atom is 0.233 e. The van der Waals surface area contributed by atoms with Gasteiger partial charge in [0, 0.05) is 19.1 Å². The molecule has 5 nitrogen and oxygen atoms in total. The van der Waals surface area contributed by atoms with Gasteiger partial charge in [-0.25, -0.2) is 0 Å². The van der Waals surface area contributed by atoms with E-state index in [1.165, 1.54) is 12.8 Å². The van der Waals surface area contributed by atoms with E-state index in [2.05, 4.69) is 14.9 Å². The van der Waals surface area contributed by atoms with Gasteiger partial charge >= 0.3 is 0 Å². The molecule has 2 aliphatic rings. The molecule has 2 heterocycles. The van der Waals surface area contributed by atoms with Gasteiger partial charge in [-0.3, -0.25) is 4.98 Å². The SMILES string of the molecule is COc1cncc(N2C[C@H]3CCC(N)C[C@H]3C2)n1. The minimum Gasteiger partial charge on any atom is -0.480 e. The van der Waals surface area contributed by atoms with Crippen molar-refractivity contribution in [3.05, 3.63) is 12.4 Å². The second-order valence-electron chi connectivity index (χ2n) is 5.42. The van der Waals surface area contributed by atoms with Gasteiger partial charge in [0.2, 0.25) is 5.88 Å². The highest BCUT2D eigenvalue weighted by Gasteiger charge is 2.37. The summed E-state index contributed by atoms with van der Waals surface area (Å²) in [6.07, 6.45) is 7.03. The summed E-state index contributed by atoms with van der Waals surface area (Å²) in [5.41, 5.74) is 6.05. The second kappa shape index (κ2) is 4.72. The lowest BCUT2D eigenvalue weighted by Gasteiger charge is -2.27. The summed E-state index contributed by atoms with van der Waals surface area (Å²) < 4.78 is 5.13. The zero-order chi connectivity index (χ0) is 12.5. The van der Waals surface area contributed by atoms with Gasteiger partial charge in [-0.1, -0.05) is 0 Å². The molecular formula is C13H20N4O. The first-order valence-corrected chi connectivity index (χ1v) is 6.63. The first-order chi connectivity index (χ1) is 8.76. The maximum atomic E-state index is 6.05. The molecule has 5 heteroatoms. The summed E-state index contributed by atoms with van der Waals surface area (Å²) in [6, 6.07) is 0.391. The van der Waals surface area contributed by atoms with E-state index in [0.717, 1.165) is 37.2 Å². The number of ether oxygens (including phenoxy) is 1. The van der Waals surface area contributed by atoms with Crippen LogP contribution in [-0.4, -0.2) is 36.2 Å². The number of hydrogen-bond acceptors (Lipinski definition) is 5. The van der Waals surface area contributed by atoms with E-state index < -0.39 is 0 Å². The molecule has 1 aromatic rings. The van der Waals surface area contributed by atoms with Crippen molar-refractivity contribution in [2.75, 3.05) is 25.1 Å². The van der Waals surface area contributed by atoms with Gasteiger partial charge in [0.1, 0.15) is 0 Å². The van der Waals surface area contributed by atoms with E-state index in [-0.39, 0.29) is 0 Å². The number of nitrogens with zero attached hydrogens (tertiary/aromatic N) is 3. The third-order valence-electron chi connectivity index (χ3n) is 4.22. The Balaban J connectivity index is 1.74. The number of anilines is 1. The monoisotopic (exact) mass is 248 g/mol. The molecule has 1 saturated carbocycles. The Hall–Kier alpha value is -1.36. The first kappa shape index (κ1) is 11.7. The number of methoxy groups -OCH3 is 1. The predicted molar refractivity (Wildman–Crippen MR) is 69.6 cm³/mol. The summed E-state index contributed by atoms with van der Waals surface area (Å²) >= 11 is 0. The summed E-state index contributed by atoms with van der Waals surface area (Å²) in [4.78, 5) is 11.0. The Morgan fingerprint density at radius 3 is 2.94 bits per heavy atom. The Kier molecular flexibility index (Phi) is 3.07. The van der Waals surface area contributed by atoms with Gasteiger partial charge in [0.25, 0.3) is 0 Å². The topological polar surface area (TPSA) is 64.3 Å². The molecule has 98 valence electrons. The molecule has 18 heavy (non-hydrogen) atoms. The summed E-state index contributed by atoms with van der Waals surface area (Å²) in [5.74, 6) is 3.01. The molecule has 3 rings (SSSR count). The molecule has 1 aliphatic carbocycles. The Morgan fingerprint density at radius 1 is 1.28 bits per heavy atom. The largest absolute Gasteiger partial charge is 0.480 e. The molecule has 1 aromatic heterocycles. The summed E-state index contributed by atoms with van der Waals surface area (Å²) in [7, 11) is 1.62. The lowest BCUT2D eigenvalue weighted by atomic mass is 9.79. The fourth-order valence-corrected chi connectivity index (χ4v) is 3.24. The van der Waals surface area contributed by atoms with Crippen LogP contribution in [0, 0.1) is 11.8 Å². The van der Waals surface area contributed by atoms with Crippen molar-refractivity contribution >= 4 is 5.82 Å². The van der Waals surface area contributed by atoms with Crippen LogP contribution >= 0.6 is 0 Å². The minimum absolute atomic E-state index is 0.391. The Bertz CT molecular complexity index is 425. The molecule has 2 fully saturated rings. The first-order valence-electron chi connectivity index (χ1n) is 6.63. The number of rotatable bonds is 2. The average Bonchev–Trinajstić information content (AvgIpc) is 2.81. The second-order valence-corrected chi connectivity index (χ2v) is 5.42. The fourth-order valence-electron chi connectivity index (χ4n) is 3.24. The third kappa shape index (κ3) is 2.14. The van der Waals surface area contributed by atoms with Crippen molar-refractivity contribution in [1.29, 1.82) is 0 Å². The minimum atomic E-state index is 0.391. The smallest absolute Gasteiger partial charge is 0.233 e. The number of hydrogen-bond donors (Lipinski definition) is 1. The van der Waals surface area contributed by atoms with Crippen LogP contribution in [0.15, 0.2) is 12.4 Å². The lowest BCUT2D eigenvalue weighted by molar-refractivity contribution is 0.271. The van der Waals surface area contributed by atoms with Crippen molar-refractivity contribution in [2.45, 2.75) is 25.3 Å². The number of nitrogens with two attached hydrogens (primary N) is 1. The van der Waals surface area contributed by atoms with E-state index in [4.69, 9.17) is 10.5 Å². The van der Waals surface area contributed by atoms with E-state index in [0.29, 0.717) is 11.9 Å². The van der Waals surface area contributed by atoms with E-state index >= 15 is 0 Å². The average molecular weight is 248 g/mol. The van der Waals surface area contributed by atoms with Gasteiger partial charge in [0.15, 0.2) is 5.82 Å². The molecule has 0 aromatic carbocycles. The van der Waals surface area contributed by atoms with Crippen LogP contribution < -0.4 is 15.4 Å². The molecule has 0 spiro atoms. The maximum absolute atomic E-state index is 6.05. The van der Waals surface area contributed by atoms with Gasteiger partial charge in [-0.15, -0.1) is 0 Å². The van der Waals surface area contributed by atoms with Crippen molar-refractivity contribution in [3.8, 4) is 5.88 Å². The highest BCUT2D eigenvalue weighted by Crippen LogP contribution is 2.37. The third-order valence-corrected chi connectivity index (χ3v) is 4.22. The molecule has 0 radical (unpaired) electrons. The zero-order valence-electron chi connectivity index (χ0n) is 10.7. The van der Waals surface area contributed by atoms with Gasteiger partial charge in [-0.05, 0) is 31.1 Å². The standard InChI is InChI=1S/C13H20N4O/c1-18-13-6-15-5-12(16-13)17-7-9-2-3-11(14)4-10(9)8-17/h5-6,9-11H,2-4,7-8,14H2,1H3/t9-,10+,11?/m1/s1. The van der Waals surface area contributed by atoms with Crippen molar-refractivity contribution in [2.24, 2.45) is 17.6 Å². The van der Waals surface area contributed by atoms with E-state index in [1.54, 1.807) is 13.3 Å². The summed E-state index contributed by atoms with van der Waals surface area (Å²) in [5, 5.41) is 0. The van der Waals surface area contributed by atoms with Crippen LogP contribution in [0.2, 0.25) is 0 Å². The highest BCUT2D eigenvalue weighted by molar-refractivity contribution is 5.39. The molecule has 2 N–H and O–H groups in total. The molecule has 1 saturated heterocycles. The fraction of sp³-hybridized carbons (Fsp3) is 0.692. The van der Waals surface area contributed by atoms with Crippen molar-refractivity contribution in [1.82, 2.24) is 9.97 Å². The van der Waals surface area contributed by atoms with Crippen LogP contribution in [-0.2, 0) is 0 Å². The molecule has 1 aliphatic heterocycles. The van der Waals surface area contributed by atoms with E-state index in [9.17, 15) is 0 Å². The molecule has 0 bridgehead atoms. The number of fused-ring (bicyclic) bond motifs is 1. The van der Waals surface area contributed by atoms with Gasteiger partial charge in [0.05, 0.1) is 19.5 Å². The summed E-state index contributed by atoms with van der Waals surface area (Å²) in [6.45, 7) is 2.14. The Labute approximate surface area is 107 Å². The highest BCUT2D eigenvalue weighted by atomic mass is 16.5. The van der Waals surface area contributed by atoms with Gasteiger partial charge < -0.3 is 15.4 Å². The van der Waals surface area contributed by atoms with Crippen LogP contribution in [0.25, 0.3) is 0 Å². The van der Waals surface area contributed by atoms with Gasteiger partial charge in [-0.2, -0.15) is 4.98 Å². The predicted octanol–water partition coefficient (Wildman–Crippen LogP) is 1.05. The number of aromatic nitrogens is 2. The molecule has 3 atom stereocenters. The van der Waals surface area contributed by atoms with Crippen LogP contribution in [0.4, 0.5) is 5.82 Å².